The summed E-state index contributed by atoms with van der Waals surface area (Å²) in [6, 6.07) is 11.4. The van der Waals surface area contributed by atoms with E-state index in [1.165, 1.54) is 0 Å². The van der Waals surface area contributed by atoms with E-state index in [1.807, 2.05) is 37.3 Å². The number of para-hydroxylation sites is 1. The van der Waals surface area contributed by atoms with Crippen molar-refractivity contribution in [2.75, 3.05) is 25.1 Å². The van der Waals surface area contributed by atoms with Crippen molar-refractivity contribution >= 4 is 27.5 Å². The molecule has 1 heterocycles. The summed E-state index contributed by atoms with van der Waals surface area (Å²) in [4.78, 5) is 12.2. The highest BCUT2D eigenvalue weighted by Crippen LogP contribution is 2.38. The first-order valence-corrected chi connectivity index (χ1v) is 9.00. The zero-order valence-electron chi connectivity index (χ0n) is 14.0. The van der Waals surface area contributed by atoms with Crippen LogP contribution in [0.2, 0.25) is 0 Å². The topological polar surface area (TPSA) is 56.8 Å². The highest BCUT2D eigenvalue weighted by atomic mass is 79.9. The lowest BCUT2D eigenvalue weighted by Crippen LogP contribution is -2.17. The average Bonchev–Trinajstić information content (AvgIpc) is 2.61. The van der Waals surface area contributed by atoms with Gasteiger partial charge in [-0.3, -0.25) is 4.79 Å². The van der Waals surface area contributed by atoms with Gasteiger partial charge < -0.3 is 19.5 Å². The quantitative estimate of drug-likeness (QED) is 0.726. The standard InChI is InChI=1S/C19H20BrNO4/c1-13-5-2-3-6-16(13)23-8-4-7-19(22)21-15-12-18-17(11-14(15)20)24-9-10-25-18/h2-3,5-6,11-12H,4,7-10H2,1H3,(H,21,22). The van der Waals surface area contributed by atoms with Crippen molar-refractivity contribution < 1.29 is 19.0 Å². The Labute approximate surface area is 155 Å². The van der Waals surface area contributed by atoms with Crippen LogP contribution in [-0.2, 0) is 4.79 Å². The Bertz CT molecular complexity index is 763. The molecule has 1 aliphatic heterocycles. The van der Waals surface area contributed by atoms with Gasteiger partial charge in [0.15, 0.2) is 11.5 Å². The first kappa shape index (κ1) is 17.6. The Hall–Kier alpha value is -2.21. The zero-order valence-corrected chi connectivity index (χ0v) is 15.6. The van der Waals surface area contributed by atoms with Crippen molar-refractivity contribution in [2.45, 2.75) is 19.8 Å². The van der Waals surface area contributed by atoms with Crippen LogP contribution in [0.4, 0.5) is 5.69 Å². The normalized spacial score (nSPS) is 12.6. The monoisotopic (exact) mass is 405 g/mol. The Balaban J connectivity index is 1.49. The highest BCUT2D eigenvalue weighted by molar-refractivity contribution is 9.10. The lowest BCUT2D eigenvalue weighted by atomic mass is 10.2. The Kier molecular flexibility index (Phi) is 5.81. The molecule has 2 aromatic rings. The van der Waals surface area contributed by atoms with E-state index in [4.69, 9.17) is 14.2 Å². The SMILES string of the molecule is Cc1ccccc1OCCCC(=O)Nc1cc2c(cc1Br)OCCO2. The minimum Gasteiger partial charge on any atom is -0.493 e. The molecule has 132 valence electrons. The van der Waals surface area contributed by atoms with Gasteiger partial charge >= 0.3 is 0 Å². The number of amides is 1. The third-order valence-electron chi connectivity index (χ3n) is 3.81. The predicted molar refractivity (Wildman–Crippen MR) is 99.7 cm³/mol. The molecule has 25 heavy (non-hydrogen) atoms. The Morgan fingerprint density at radius 3 is 2.68 bits per heavy atom. The van der Waals surface area contributed by atoms with Crippen LogP contribution in [-0.4, -0.2) is 25.7 Å². The number of ether oxygens (including phenoxy) is 3. The number of benzene rings is 2. The van der Waals surface area contributed by atoms with Gasteiger partial charge in [0.25, 0.3) is 0 Å². The number of rotatable bonds is 6. The highest BCUT2D eigenvalue weighted by Gasteiger charge is 2.16. The van der Waals surface area contributed by atoms with Gasteiger partial charge in [0.2, 0.25) is 5.91 Å². The number of hydrogen-bond acceptors (Lipinski definition) is 4. The van der Waals surface area contributed by atoms with Crippen LogP contribution < -0.4 is 19.5 Å². The van der Waals surface area contributed by atoms with Crippen molar-refractivity contribution in [3.63, 3.8) is 0 Å². The average molecular weight is 406 g/mol. The van der Waals surface area contributed by atoms with Crippen LogP contribution in [0, 0.1) is 6.92 Å². The van der Waals surface area contributed by atoms with Crippen LogP contribution >= 0.6 is 15.9 Å². The van der Waals surface area contributed by atoms with E-state index in [-0.39, 0.29) is 5.91 Å². The number of aryl methyl sites for hydroxylation is 1. The molecule has 0 aliphatic carbocycles. The van der Waals surface area contributed by atoms with Gasteiger partial charge in [-0.1, -0.05) is 18.2 Å². The summed E-state index contributed by atoms with van der Waals surface area (Å²) >= 11 is 3.45. The minimum absolute atomic E-state index is 0.0641. The number of halogens is 1. The van der Waals surface area contributed by atoms with E-state index in [2.05, 4.69) is 21.2 Å². The maximum Gasteiger partial charge on any atom is 0.224 e. The van der Waals surface area contributed by atoms with Gasteiger partial charge in [-0.05, 0) is 40.9 Å². The first-order chi connectivity index (χ1) is 12.1. The minimum atomic E-state index is -0.0641. The number of hydrogen-bond donors (Lipinski definition) is 1. The van der Waals surface area contributed by atoms with Gasteiger partial charge in [-0.25, -0.2) is 0 Å². The van der Waals surface area contributed by atoms with Crippen molar-refractivity contribution in [3.05, 3.63) is 46.4 Å². The summed E-state index contributed by atoms with van der Waals surface area (Å²) in [7, 11) is 0. The van der Waals surface area contributed by atoms with Crippen molar-refractivity contribution in [1.29, 1.82) is 0 Å². The molecular formula is C19H20BrNO4. The van der Waals surface area contributed by atoms with Crippen molar-refractivity contribution in [3.8, 4) is 17.2 Å². The predicted octanol–water partition coefficient (Wildman–Crippen LogP) is 4.33. The number of fused-ring (bicyclic) bond motifs is 1. The second-order valence-electron chi connectivity index (χ2n) is 5.74. The van der Waals surface area contributed by atoms with Crippen LogP contribution in [0.25, 0.3) is 0 Å². The lowest BCUT2D eigenvalue weighted by Gasteiger charge is -2.20. The third kappa shape index (κ3) is 4.66. The molecule has 0 saturated heterocycles. The van der Waals surface area contributed by atoms with Gasteiger partial charge in [-0.2, -0.15) is 0 Å². The molecule has 6 heteroatoms. The summed E-state index contributed by atoms with van der Waals surface area (Å²) in [6.07, 6.45) is 1.02. The van der Waals surface area contributed by atoms with E-state index in [0.717, 1.165) is 15.8 Å². The fourth-order valence-electron chi connectivity index (χ4n) is 2.51. The third-order valence-corrected chi connectivity index (χ3v) is 4.46. The molecule has 0 bridgehead atoms. The summed E-state index contributed by atoms with van der Waals surface area (Å²) < 4.78 is 17.5. The molecule has 3 rings (SSSR count). The second kappa shape index (κ2) is 8.25. The molecule has 2 aromatic carbocycles. The first-order valence-electron chi connectivity index (χ1n) is 8.21. The second-order valence-corrected chi connectivity index (χ2v) is 6.60. The molecule has 0 fully saturated rings. The molecule has 1 amide bonds. The maximum atomic E-state index is 12.2. The zero-order chi connectivity index (χ0) is 17.6. The van der Waals surface area contributed by atoms with Crippen LogP contribution in [0.3, 0.4) is 0 Å². The molecule has 0 aromatic heterocycles. The fraction of sp³-hybridized carbons (Fsp3) is 0.316. The summed E-state index contributed by atoms with van der Waals surface area (Å²) in [5.74, 6) is 2.12. The molecule has 5 nitrogen and oxygen atoms in total. The van der Waals surface area contributed by atoms with Crippen LogP contribution in [0.1, 0.15) is 18.4 Å². The van der Waals surface area contributed by atoms with E-state index in [0.29, 0.717) is 49.8 Å². The molecule has 1 N–H and O–H groups in total. The Morgan fingerprint density at radius 2 is 1.92 bits per heavy atom. The molecule has 0 spiro atoms. The summed E-state index contributed by atoms with van der Waals surface area (Å²) in [5, 5.41) is 2.89. The summed E-state index contributed by atoms with van der Waals surface area (Å²) in [5.41, 5.74) is 1.77. The smallest absolute Gasteiger partial charge is 0.224 e. The number of carbonyl (C=O) groups excluding carboxylic acids is 1. The number of anilines is 1. The largest absolute Gasteiger partial charge is 0.493 e. The number of carbonyl (C=O) groups is 1. The molecule has 0 saturated carbocycles. The maximum absolute atomic E-state index is 12.2. The molecule has 1 aliphatic rings. The Morgan fingerprint density at radius 1 is 1.20 bits per heavy atom. The molecule has 0 atom stereocenters. The van der Waals surface area contributed by atoms with E-state index >= 15 is 0 Å². The van der Waals surface area contributed by atoms with Crippen LogP contribution in [0.5, 0.6) is 17.2 Å². The molecule has 0 radical (unpaired) electrons. The summed E-state index contributed by atoms with van der Waals surface area (Å²) in [6.45, 7) is 3.55. The van der Waals surface area contributed by atoms with Gasteiger partial charge in [0, 0.05) is 23.0 Å². The van der Waals surface area contributed by atoms with Crippen LogP contribution in [0.15, 0.2) is 40.9 Å². The molecular weight excluding hydrogens is 386 g/mol. The van der Waals surface area contributed by atoms with Crippen molar-refractivity contribution in [2.24, 2.45) is 0 Å². The van der Waals surface area contributed by atoms with Gasteiger partial charge in [0.05, 0.1) is 12.3 Å². The lowest BCUT2D eigenvalue weighted by molar-refractivity contribution is -0.116. The van der Waals surface area contributed by atoms with E-state index < -0.39 is 0 Å². The molecule has 0 unspecified atom stereocenters. The van der Waals surface area contributed by atoms with E-state index in [1.54, 1.807) is 6.07 Å². The van der Waals surface area contributed by atoms with E-state index in [9.17, 15) is 4.79 Å². The van der Waals surface area contributed by atoms with Crippen molar-refractivity contribution in [1.82, 2.24) is 0 Å². The van der Waals surface area contributed by atoms with Gasteiger partial charge in [-0.15, -0.1) is 0 Å². The fourth-order valence-corrected chi connectivity index (χ4v) is 2.93. The number of nitrogens with one attached hydrogen (secondary N) is 1. The van der Waals surface area contributed by atoms with Gasteiger partial charge in [0.1, 0.15) is 19.0 Å².